The second-order valence-electron chi connectivity index (χ2n) is 6.52. The van der Waals surface area contributed by atoms with Gasteiger partial charge in [0.05, 0.1) is 27.8 Å². The van der Waals surface area contributed by atoms with Crippen LogP contribution in [-0.4, -0.2) is 22.9 Å². The maximum absolute atomic E-state index is 11.7. The van der Waals surface area contributed by atoms with E-state index < -0.39 is 6.04 Å². The van der Waals surface area contributed by atoms with E-state index in [1.165, 1.54) is 4.88 Å². The standard InChI is InChI=1S/C18H22N2O3S/c1-8(2)22-18-14-10(4)12(6)24-17(14)15-11(5)20-23-16(15)13(19-18)7-9(3)21/h8,13H,7H2,1-6H3/t13-/m0/s1. The third-order valence-corrected chi connectivity index (χ3v) is 5.34. The molecule has 24 heavy (non-hydrogen) atoms. The monoisotopic (exact) mass is 346 g/mol. The first-order valence-electron chi connectivity index (χ1n) is 8.10. The molecule has 1 atom stereocenters. The molecule has 2 aromatic heterocycles. The number of aliphatic imine (C=N–C) groups is 1. The topological polar surface area (TPSA) is 64.7 Å². The van der Waals surface area contributed by atoms with Crippen LogP contribution in [0, 0.1) is 20.8 Å². The molecule has 3 heterocycles. The van der Waals surface area contributed by atoms with E-state index in [4.69, 9.17) is 14.3 Å². The number of rotatable bonds is 3. The molecule has 0 unspecified atom stereocenters. The van der Waals surface area contributed by atoms with Gasteiger partial charge in [0.1, 0.15) is 11.8 Å². The minimum absolute atomic E-state index is 0.00203. The Morgan fingerprint density at radius 2 is 2.00 bits per heavy atom. The zero-order chi connectivity index (χ0) is 17.6. The number of aromatic nitrogens is 1. The zero-order valence-electron chi connectivity index (χ0n) is 14.9. The third-order valence-electron chi connectivity index (χ3n) is 4.12. The summed E-state index contributed by atoms with van der Waals surface area (Å²) in [5.74, 6) is 1.32. The Hall–Kier alpha value is -1.95. The third kappa shape index (κ3) is 2.79. The molecule has 0 aromatic carbocycles. The number of carbonyl (C=O) groups excluding carboxylic acids is 1. The van der Waals surface area contributed by atoms with Crippen LogP contribution < -0.4 is 0 Å². The molecule has 0 saturated heterocycles. The Balaban J connectivity index is 2.28. The molecule has 0 saturated carbocycles. The first-order chi connectivity index (χ1) is 11.3. The lowest BCUT2D eigenvalue weighted by molar-refractivity contribution is -0.117. The van der Waals surface area contributed by atoms with Gasteiger partial charge in [-0.25, -0.2) is 4.99 Å². The summed E-state index contributed by atoms with van der Waals surface area (Å²) >= 11 is 1.70. The van der Waals surface area contributed by atoms with Gasteiger partial charge in [0.25, 0.3) is 0 Å². The summed E-state index contributed by atoms with van der Waals surface area (Å²) in [6.45, 7) is 11.6. The predicted octanol–water partition coefficient (Wildman–Crippen LogP) is 4.53. The molecule has 5 nitrogen and oxygen atoms in total. The summed E-state index contributed by atoms with van der Waals surface area (Å²) in [6, 6.07) is -0.397. The van der Waals surface area contributed by atoms with Crippen molar-refractivity contribution in [1.82, 2.24) is 5.16 Å². The van der Waals surface area contributed by atoms with E-state index in [0.29, 0.717) is 11.7 Å². The summed E-state index contributed by atoms with van der Waals surface area (Å²) < 4.78 is 11.6. The highest BCUT2D eigenvalue weighted by molar-refractivity contribution is 7.16. The second-order valence-corrected chi connectivity index (χ2v) is 7.74. The van der Waals surface area contributed by atoms with Crippen molar-refractivity contribution in [3.05, 3.63) is 27.5 Å². The minimum Gasteiger partial charge on any atom is -0.475 e. The number of ketones is 1. The summed E-state index contributed by atoms with van der Waals surface area (Å²) in [4.78, 5) is 18.8. The number of thiophene rings is 1. The van der Waals surface area contributed by atoms with Gasteiger partial charge in [-0.1, -0.05) is 5.16 Å². The molecule has 3 rings (SSSR count). The molecule has 0 bridgehead atoms. The Kier molecular flexibility index (Phi) is 4.34. The van der Waals surface area contributed by atoms with Crippen molar-refractivity contribution in [1.29, 1.82) is 0 Å². The number of carbonyl (C=O) groups is 1. The fourth-order valence-corrected chi connectivity index (χ4v) is 4.19. The smallest absolute Gasteiger partial charge is 0.218 e. The van der Waals surface area contributed by atoms with Crippen LogP contribution >= 0.6 is 11.3 Å². The molecule has 0 amide bonds. The lowest BCUT2D eigenvalue weighted by Crippen LogP contribution is -2.15. The minimum atomic E-state index is -0.397. The molecule has 0 spiro atoms. The van der Waals surface area contributed by atoms with Gasteiger partial charge < -0.3 is 9.26 Å². The lowest BCUT2D eigenvalue weighted by Gasteiger charge is -2.14. The largest absolute Gasteiger partial charge is 0.475 e. The van der Waals surface area contributed by atoms with Crippen LogP contribution in [0.1, 0.15) is 60.7 Å². The number of nitrogens with zero attached hydrogens (tertiary/aromatic N) is 2. The number of hydrogen-bond acceptors (Lipinski definition) is 6. The van der Waals surface area contributed by atoms with Crippen LogP contribution in [0.2, 0.25) is 0 Å². The molecule has 1 aliphatic heterocycles. The average Bonchev–Trinajstić information content (AvgIpc) is 2.94. The van der Waals surface area contributed by atoms with Gasteiger partial charge in [0.15, 0.2) is 5.76 Å². The van der Waals surface area contributed by atoms with Crippen LogP contribution in [0.4, 0.5) is 0 Å². The first-order valence-corrected chi connectivity index (χ1v) is 8.92. The van der Waals surface area contributed by atoms with E-state index in [0.717, 1.165) is 27.3 Å². The van der Waals surface area contributed by atoms with Crippen molar-refractivity contribution >= 4 is 23.0 Å². The number of hydrogen-bond donors (Lipinski definition) is 0. The van der Waals surface area contributed by atoms with Crippen molar-refractivity contribution in [2.45, 2.75) is 60.1 Å². The van der Waals surface area contributed by atoms with Crippen molar-refractivity contribution in [3.8, 4) is 10.4 Å². The molecule has 128 valence electrons. The van der Waals surface area contributed by atoms with E-state index in [1.807, 2.05) is 20.8 Å². The number of ether oxygens (including phenoxy) is 1. The molecule has 6 heteroatoms. The van der Waals surface area contributed by atoms with Crippen LogP contribution in [0.3, 0.4) is 0 Å². The number of Topliss-reactive ketones (excluding diaryl/α,β-unsaturated/α-hetero) is 1. The summed E-state index contributed by atoms with van der Waals surface area (Å²) in [5, 5.41) is 4.13. The van der Waals surface area contributed by atoms with E-state index in [1.54, 1.807) is 18.3 Å². The van der Waals surface area contributed by atoms with Crippen LogP contribution in [0.25, 0.3) is 10.4 Å². The summed E-state index contributed by atoms with van der Waals surface area (Å²) in [5.41, 5.74) is 3.94. The molecule has 2 aromatic rings. The predicted molar refractivity (Wildman–Crippen MR) is 94.8 cm³/mol. The Morgan fingerprint density at radius 1 is 1.29 bits per heavy atom. The SMILES string of the molecule is CC(=O)C[C@@H]1N=C(OC(C)C)c2c(sc(C)c2C)-c2c(C)noc21. The highest BCUT2D eigenvalue weighted by Gasteiger charge is 2.34. The van der Waals surface area contributed by atoms with Crippen molar-refractivity contribution in [3.63, 3.8) is 0 Å². The van der Waals surface area contributed by atoms with E-state index in [2.05, 4.69) is 19.0 Å². The van der Waals surface area contributed by atoms with Gasteiger partial charge in [-0.05, 0) is 47.1 Å². The van der Waals surface area contributed by atoms with Gasteiger partial charge in [-0.2, -0.15) is 0 Å². The van der Waals surface area contributed by atoms with Gasteiger partial charge in [0.2, 0.25) is 5.90 Å². The number of aryl methyl sites for hydroxylation is 2. The Morgan fingerprint density at radius 3 is 2.62 bits per heavy atom. The molecule has 0 aliphatic carbocycles. The molecule has 0 fully saturated rings. The number of fused-ring (bicyclic) bond motifs is 3. The van der Waals surface area contributed by atoms with Gasteiger partial charge in [-0.15, -0.1) is 11.3 Å². The average molecular weight is 346 g/mol. The fourth-order valence-electron chi connectivity index (χ4n) is 2.94. The molecular weight excluding hydrogens is 324 g/mol. The van der Waals surface area contributed by atoms with E-state index in [-0.39, 0.29) is 18.3 Å². The van der Waals surface area contributed by atoms with Gasteiger partial charge in [-0.3, -0.25) is 4.79 Å². The highest BCUT2D eigenvalue weighted by Crippen LogP contribution is 2.45. The fraction of sp³-hybridized carbons (Fsp3) is 0.500. The maximum Gasteiger partial charge on any atom is 0.218 e. The Labute approximate surface area is 145 Å². The lowest BCUT2D eigenvalue weighted by atomic mass is 10.0. The molecular formula is C18H22N2O3S. The van der Waals surface area contributed by atoms with Gasteiger partial charge >= 0.3 is 0 Å². The van der Waals surface area contributed by atoms with Crippen molar-refractivity contribution in [2.75, 3.05) is 0 Å². The van der Waals surface area contributed by atoms with Crippen molar-refractivity contribution in [2.24, 2.45) is 4.99 Å². The molecule has 0 radical (unpaired) electrons. The molecule has 1 aliphatic rings. The van der Waals surface area contributed by atoms with E-state index >= 15 is 0 Å². The van der Waals surface area contributed by atoms with Crippen LogP contribution in [0.5, 0.6) is 0 Å². The van der Waals surface area contributed by atoms with Gasteiger partial charge in [0, 0.05) is 11.3 Å². The normalized spacial score (nSPS) is 16.5. The van der Waals surface area contributed by atoms with Crippen LogP contribution in [-0.2, 0) is 9.53 Å². The quantitative estimate of drug-likeness (QED) is 0.819. The second kappa shape index (κ2) is 6.16. The molecule has 0 N–H and O–H groups in total. The van der Waals surface area contributed by atoms with Crippen LogP contribution in [0.15, 0.2) is 9.52 Å². The van der Waals surface area contributed by atoms with Crippen molar-refractivity contribution < 1.29 is 14.1 Å². The summed E-state index contributed by atoms with van der Waals surface area (Å²) in [6.07, 6.45) is 0.275. The maximum atomic E-state index is 11.7. The zero-order valence-corrected chi connectivity index (χ0v) is 15.7. The Bertz CT molecular complexity index is 830. The summed E-state index contributed by atoms with van der Waals surface area (Å²) in [7, 11) is 0. The first kappa shape index (κ1) is 16.9. The highest BCUT2D eigenvalue weighted by atomic mass is 32.1. The van der Waals surface area contributed by atoms with E-state index in [9.17, 15) is 4.79 Å².